The van der Waals surface area contributed by atoms with Crippen LogP contribution in [-0.4, -0.2) is 42.3 Å². The number of carbonyl (C=O) groups excluding carboxylic acids is 1. The van der Waals surface area contributed by atoms with Crippen LogP contribution in [0.1, 0.15) is 38.5 Å². The SMILES string of the molecule is O=C(CCC1CCCC1)N=C1S[C@@H]2CS(=O)(=O)C[C@@H]2N1c1ccc(Cl)c(Cl)c1. The monoisotopic (exact) mass is 460 g/mol. The van der Waals surface area contributed by atoms with E-state index in [1.54, 1.807) is 18.2 Å². The normalized spacial score (nSPS) is 28.2. The molecule has 3 fully saturated rings. The van der Waals surface area contributed by atoms with Gasteiger partial charge in [-0.3, -0.25) is 4.79 Å². The van der Waals surface area contributed by atoms with Gasteiger partial charge in [-0.25, -0.2) is 8.42 Å². The Hall–Kier alpha value is -0.760. The molecule has 0 unspecified atom stereocenters. The molecule has 9 heteroatoms. The second-order valence-electron chi connectivity index (χ2n) is 7.75. The number of amidine groups is 1. The van der Waals surface area contributed by atoms with Gasteiger partial charge >= 0.3 is 0 Å². The maximum absolute atomic E-state index is 12.5. The quantitative estimate of drug-likeness (QED) is 0.658. The number of anilines is 1. The average Bonchev–Trinajstić information content (AvgIpc) is 3.30. The summed E-state index contributed by atoms with van der Waals surface area (Å²) in [6.45, 7) is 0. The molecule has 28 heavy (non-hydrogen) atoms. The lowest BCUT2D eigenvalue weighted by molar-refractivity contribution is -0.118. The molecule has 3 aliphatic rings. The lowest BCUT2D eigenvalue weighted by atomic mass is 10.0. The summed E-state index contributed by atoms with van der Waals surface area (Å²) in [6, 6.07) is 4.94. The first-order valence-corrected chi connectivity index (χ1v) is 13.0. The first-order chi connectivity index (χ1) is 13.3. The number of amides is 1. The molecule has 1 aromatic carbocycles. The van der Waals surface area contributed by atoms with Crippen molar-refractivity contribution in [3.63, 3.8) is 0 Å². The molecular weight excluding hydrogens is 439 g/mol. The van der Waals surface area contributed by atoms with Crippen LogP contribution < -0.4 is 4.90 Å². The van der Waals surface area contributed by atoms with E-state index in [0.717, 1.165) is 6.42 Å². The Bertz CT molecular complexity index is 914. The Morgan fingerprint density at radius 2 is 1.93 bits per heavy atom. The van der Waals surface area contributed by atoms with Crippen molar-refractivity contribution in [3.8, 4) is 0 Å². The summed E-state index contributed by atoms with van der Waals surface area (Å²) < 4.78 is 24.3. The van der Waals surface area contributed by atoms with Crippen molar-refractivity contribution >= 4 is 61.6 Å². The van der Waals surface area contributed by atoms with E-state index in [1.807, 2.05) is 4.90 Å². The Morgan fingerprint density at radius 1 is 1.18 bits per heavy atom. The van der Waals surface area contributed by atoms with E-state index in [0.29, 0.717) is 33.2 Å². The van der Waals surface area contributed by atoms with Crippen molar-refractivity contribution in [2.45, 2.75) is 49.8 Å². The van der Waals surface area contributed by atoms with Crippen molar-refractivity contribution in [2.24, 2.45) is 10.9 Å². The highest BCUT2D eigenvalue weighted by atomic mass is 35.5. The summed E-state index contributed by atoms with van der Waals surface area (Å²) >= 11 is 13.6. The van der Waals surface area contributed by atoms with Gasteiger partial charge < -0.3 is 4.90 Å². The smallest absolute Gasteiger partial charge is 0.248 e. The lowest BCUT2D eigenvalue weighted by Gasteiger charge is -2.24. The predicted octanol–water partition coefficient (Wildman–Crippen LogP) is 4.57. The number of halogens is 2. The highest BCUT2D eigenvalue weighted by Gasteiger charge is 2.49. The number of rotatable bonds is 4. The van der Waals surface area contributed by atoms with Crippen LogP contribution in [-0.2, 0) is 14.6 Å². The van der Waals surface area contributed by atoms with Crippen LogP contribution in [0.2, 0.25) is 10.0 Å². The van der Waals surface area contributed by atoms with E-state index in [-0.39, 0.29) is 28.7 Å². The molecule has 0 spiro atoms. The van der Waals surface area contributed by atoms with Crippen molar-refractivity contribution in [2.75, 3.05) is 16.4 Å². The Balaban J connectivity index is 1.57. The largest absolute Gasteiger partial charge is 0.316 e. The van der Waals surface area contributed by atoms with E-state index < -0.39 is 9.84 Å². The standard InChI is InChI=1S/C19H22Cl2N2O3S2/c20-14-7-6-13(9-15(14)21)23-16-10-28(25,26)11-17(16)27-19(23)22-18(24)8-5-12-3-1-2-4-12/h6-7,9,12,16-17H,1-5,8,10-11H2/t16-,17+/m0/s1. The molecule has 5 nitrogen and oxygen atoms in total. The van der Waals surface area contributed by atoms with Gasteiger partial charge in [0.1, 0.15) is 0 Å². The Morgan fingerprint density at radius 3 is 2.64 bits per heavy atom. The molecule has 0 radical (unpaired) electrons. The molecule has 0 aromatic heterocycles. The predicted molar refractivity (Wildman–Crippen MR) is 116 cm³/mol. The van der Waals surface area contributed by atoms with Crippen molar-refractivity contribution in [1.29, 1.82) is 0 Å². The number of sulfone groups is 1. The zero-order valence-electron chi connectivity index (χ0n) is 15.3. The molecule has 4 rings (SSSR count). The fourth-order valence-corrected chi connectivity index (χ4v) is 8.51. The maximum atomic E-state index is 12.5. The molecule has 2 atom stereocenters. The average molecular weight is 461 g/mol. The summed E-state index contributed by atoms with van der Waals surface area (Å²) in [4.78, 5) is 18.7. The van der Waals surface area contributed by atoms with Gasteiger partial charge in [-0.2, -0.15) is 4.99 Å². The first-order valence-electron chi connectivity index (χ1n) is 9.55. The summed E-state index contributed by atoms with van der Waals surface area (Å²) in [5, 5.41) is 1.26. The van der Waals surface area contributed by atoms with Gasteiger partial charge in [0.15, 0.2) is 15.0 Å². The second kappa shape index (κ2) is 8.17. The van der Waals surface area contributed by atoms with Crippen molar-refractivity contribution in [3.05, 3.63) is 28.2 Å². The van der Waals surface area contributed by atoms with Gasteiger partial charge in [-0.1, -0.05) is 60.6 Å². The molecule has 152 valence electrons. The van der Waals surface area contributed by atoms with E-state index >= 15 is 0 Å². The molecule has 1 aromatic rings. The molecular formula is C19H22Cl2N2O3S2. The van der Waals surface area contributed by atoms with Gasteiger partial charge in [0.2, 0.25) is 5.91 Å². The Kier molecular flexibility index (Phi) is 5.98. The van der Waals surface area contributed by atoms with Crippen LogP contribution in [0.15, 0.2) is 23.2 Å². The van der Waals surface area contributed by atoms with Crippen LogP contribution >= 0.6 is 35.0 Å². The lowest BCUT2D eigenvalue weighted by Crippen LogP contribution is -2.37. The summed E-state index contributed by atoms with van der Waals surface area (Å²) in [6.07, 6.45) is 6.25. The molecule has 2 aliphatic heterocycles. The van der Waals surface area contributed by atoms with E-state index in [9.17, 15) is 13.2 Å². The van der Waals surface area contributed by atoms with E-state index in [2.05, 4.69) is 4.99 Å². The van der Waals surface area contributed by atoms with Gasteiger partial charge in [-0.05, 0) is 30.5 Å². The number of benzene rings is 1. The highest BCUT2D eigenvalue weighted by Crippen LogP contribution is 2.42. The molecule has 0 N–H and O–H groups in total. The minimum atomic E-state index is -3.10. The van der Waals surface area contributed by atoms with Gasteiger partial charge in [0.25, 0.3) is 0 Å². The van der Waals surface area contributed by atoms with Crippen LogP contribution in [0.3, 0.4) is 0 Å². The van der Waals surface area contributed by atoms with Gasteiger partial charge in [-0.15, -0.1) is 0 Å². The molecule has 1 amide bonds. The zero-order chi connectivity index (χ0) is 19.9. The molecule has 2 saturated heterocycles. The van der Waals surface area contributed by atoms with E-state index in [1.165, 1.54) is 37.4 Å². The topological polar surface area (TPSA) is 66.8 Å². The van der Waals surface area contributed by atoms with Crippen molar-refractivity contribution in [1.82, 2.24) is 0 Å². The summed E-state index contributed by atoms with van der Waals surface area (Å²) in [5.74, 6) is 0.661. The fraction of sp³-hybridized carbons (Fsp3) is 0.579. The summed E-state index contributed by atoms with van der Waals surface area (Å²) in [5.41, 5.74) is 0.717. The molecule has 1 saturated carbocycles. The van der Waals surface area contributed by atoms with Crippen molar-refractivity contribution < 1.29 is 13.2 Å². The first kappa shape index (κ1) is 20.5. The van der Waals surface area contributed by atoms with Crippen LogP contribution in [0.4, 0.5) is 5.69 Å². The number of fused-ring (bicyclic) bond motifs is 1. The molecule has 2 heterocycles. The Labute approximate surface area is 179 Å². The minimum absolute atomic E-state index is 0.0558. The third-order valence-electron chi connectivity index (χ3n) is 5.71. The van der Waals surface area contributed by atoms with Crippen LogP contribution in [0, 0.1) is 5.92 Å². The van der Waals surface area contributed by atoms with Gasteiger partial charge in [0.05, 0.1) is 27.6 Å². The van der Waals surface area contributed by atoms with Crippen LogP contribution in [0.5, 0.6) is 0 Å². The highest BCUT2D eigenvalue weighted by molar-refractivity contribution is 8.16. The number of nitrogens with zero attached hydrogens (tertiary/aromatic N) is 2. The third kappa shape index (κ3) is 4.37. The number of carbonyl (C=O) groups is 1. The number of aliphatic imine (C=N–C) groups is 1. The second-order valence-corrected chi connectivity index (χ2v) is 11.9. The minimum Gasteiger partial charge on any atom is -0.316 e. The van der Waals surface area contributed by atoms with E-state index in [4.69, 9.17) is 23.2 Å². The number of hydrogen-bond donors (Lipinski definition) is 0. The molecule has 0 bridgehead atoms. The zero-order valence-corrected chi connectivity index (χ0v) is 18.5. The molecule has 1 aliphatic carbocycles. The maximum Gasteiger partial charge on any atom is 0.248 e. The fourth-order valence-electron chi connectivity index (χ4n) is 4.29. The number of hydrogen-bond acceptors (Lipinski definition) is 4. The third-order valence-corrected chi connectivity index (χ3v) is 9.66. The number of thioether (sulfide) groups is 1. The summed E-state index contributed by atoms with van der Waals surface area (Å²) in [7, 11) is -3.10. The van der Waals surface area contributed by atoms with Gasteiger partial charge in [0, 0.05) is 17.4 Å². The van der Waals surface area contributed by atoms with Crippen LogP contribution in [0.25, 0.3) is 0 Å².